The predicted molar refractivity (Wildman–Crippen MR) is 80.7 cm³/mol. The van der Waals surface area contributed by atoms with Crippen molar-refractivity contribution < 1.29 is 13.5 Å². The summed E-state index contributed by atoms with van der Waals surface area (Å²) >= 11 is 0. The average Bonchev–Trinajstić information content (AvgIpc) is 2.89. The van der Waals surface area contributed by atoms with E-state index in [4.69, 9.17) is 5.73 Å². The van der Waals surface area contributed by atoms with Gasteiger partial charge >= 0.3 is 0 Å². The van der Waals surface area contributed by atoms with Crippen molar-refractivity contribution in [3.63, 3.8) is 0 Å². The van der Waals surface area contributed by atoms with E-state index >= 15 is 0 Å². The zero-order chi connectivity index (χ0) is 14.8. The van der Waals surface area contributed by atoms with E-state index in [9.17, 15) is 13.5 Å². The van der Waals surface area contributed by atoms with Crippen LogP contribution in [0.2, 0.25) is 0 Å². The van der Waals surface area contributed by atoms with E-state index in [1.807, 2.05) is 6.07 Å². The number of aliphatic hydroxyl groups excluding tert-OH is 1. The molecule has 0 spiro atoms. The van der Waals surface area contributed by atoms with E-state index in [0.29, 0.717) is 18.3 Å². The molecule has 0 aromatic heterocycles. The molecule has 5 nitrogen and oxygen atoms in total. The maximum Gasteiger partial charge on any atom is 0.177 e. The second-order valence-corrected chi connectivity index (χ2v) is 7.30. The Hall–Kier alpha value is -1.27. The zero-order valence-electron chi connectivity index (χ0n) is 11.7. The smallest absolute Gasteiger partial charge is 0.177 e. The number of nitrogens with zero attached hydrogens (tertiary/aromatic N) is 1. The van der Waals surface area contributed by atoms with Gasteiger partial charge in [0.2, 0.25) is 0 Å². The molecule has 1 aliphatic carbocycles. The van der Waals surface area contributed by atoms with E-state index in [2.05, 4.69) is 4.90 Å². The number of sulfone groups is 1. The molecule has 0 radical (unpaired) electrons. The summed E-state index contributed by atoms with van der Waals surface area (Å²) in [7, 11) is -3.34. The largest absolute Gasteiger partial charge is 0.396 e. The van der Waals surface area contributed by atoms with Crippen LogP contribution >= 0.6 is 0 Å². The van der Waals surface area contributed by atoms with Crippen molar-refractivity contribution in [2.24, 2.45) is 0 Å². The monoisotopic (exact) mass is 298 g/mol. The van der Waals surface area contributed by atoms with E-state index in [-0.39, 0.29) is 17.2 Å². The van der Waals surface area contributed by atoms with Gasteiger partial charge in [0.1, 0.15) is 0 Å². The summed E-state index contributed by atoms with van der Waals surface area (Å²) in [5.41, 5.74) is 7.07. The molecule has 0 aliphatic heterocycles. The van der Waals surface area contributed by atoms with Crippen molar-refractivity contribution >= 4 is 21.2 Å². The van der Waals surface area contributed by atoms with Crippen LogP contribution in [0.15, 0.2) is 23.1 Å². The molecule has 112 valence electrons. The molecular weight excluding hydrogens is 276 g/mol. The Bertz CT molecular complexity index is 566. The average molecular weight is 298 g/mol. The number of hydrogen-bond acceptors (Lipinski definition) is 5. The lowest BCUT2D eigenvalue weighted by Gasteiger charge is -2.32. The highest BCUT2D eigenvalue weighted by Gasteiger charge is 2.25. The lowest BCUT2D eigenvalue weighted by atomic mass is 10.1. The number of hydrogen-bond donors (Lipinski definition) is 2. The molecule has 0 saturated heterocycles. The molecular formula is C14H22N2O3S. The summed E-state index contributed by atoms with van der Waals surface area (Å²) < 4.78 is 23.5. The van der Waals surface area contributed by atoms with Crippen molar-refractivity contribution in [1.82, 2.24) is 0 Å². The van der Waals surface area contributed by atoms with Crippen LogP contribution in [-0.4, -0.2) is 39.0 Å². The first kappa shape index (κ1) is 15.1. The normalized spacial score (nSPS) is 16.5. The molecule has 0 bridgehead atoms. The number of nitrogen functional groups attached to an aromatic ring is 1. The fourth-order valence-electron chi connectivity index (χ4n) is 2.93. The maximum absolute atomic E-state index is 11.8. The number of aliphatic hydroxyl groups is 1. The molecule has 0 amide bonds. The molecule has 1 fully saturated rings. The minimum atomic E-state index is -3.34. The van der Waals surface area contributed by atoms with Gasteiger partial charge in [-0.1, -0.05) is 18.9 Å². The molecule has 2 rings (SSSR count). The zero-order valence-corrected chi connectivity index (χ0v) is 12.6. The summed E-state index contributed by atoms with van der Waals surface area (Å²) in [6.45, 7) is 0.501. The Morgan fingerprint density at radius 2 is 2.00 bits per heavy atom. The SMILES string of the molecule is CS(=O)(=O)c1cccc(N(CCO)C2CCCC2)c1N. The van der Waals surface area contributed by atoms with E-state index < -0.39 is 9.84 Å². The van der Waals surface area contributed by atoms with Gasteiger partial charge in [-0.05, 0) is 25.0 Å². The third-order valence-corrected chi connectivity index (χ3v) is 5.01. The number of benzene rings is 1. The van der Waals surface area contributed by atoms with Crippen LogP contribution < -0.4 is 10.6 Å². The second kappa shape index (κ2) is 6.01. The van der Waals surface area contributed by atoms with Gasteiger partial charge in [0.15, 0.2) is 9.84 Å². The quantitative estimate of drug-likeness (QED) is 0.803. The molecule has 1 aromatic rings. The first-order valence-corrected chi connectivity index (χ1v) is 8.80. The van der Waals surface area contributed by atoms with Gasteiger partial charge < -0.3 is 15.7 Å². The van der Waals surface area contributed by atoms with Gasteiger partial charge in [-0.3, -0.25) is 0 Å². The minimum absolute atomic E-state index is 0.0268. The van der Waals surface area contributed by atoms with Crippen LogP contribution in [0.5, 0.6) is 0 Å². The molecule has 1 saturated carbocycles. The summed E-state index contributed by atoms with van der Waals surface area (Å²) in [6.07, 6.45) is 5.61. The summed E-state index contributed by atoms with van der Waals surface area (Å²) in [4.78, 5) is 2.22. The van der Waals surface area contributed by atoms with Crippen molar-refractivity contribution in [2.45, 2.75) is 36.6 Å². The molecule has 1 aromatic carbocycles. The van der Waals surface area contributed by atoms with Crippen molar-refractivity contribution in [3.05, 3.63) is 18.2 Å². The highest BCUT2D eigenvalue weighted by Crippen LogP contribution is 2.34. The first-order chi connectivity index (χ1) is 9.45. The van der Waals surface area contributed by atoms with Crippen LogP contribution in [0, 0.1) is 0 Å². The third-order valence-electron chi connectivity index (χ3n) is 3.86. The van der Waals surface area contributed by atoms with E-state index in [0.717, 1.165) is 31.9 Å². The van der Waals surface area contributed by atoms with Crippen molar-refractivity contribution in [3.8, 4) is 0 Å². The van der Waals surface area contributed by atoms with Crippen molar-refractivity contribution in [1.29, 1.82) is 0 Å². The van der Waals surface area contributed by atoms with Gasteiger partial charge in [0.25, 0.3) is 0 Å². The molecule has 1 aliphatic rings. The van der Waals surface area contributed by atoms with Gasteiger partial charge in [-0.2, -0.15) is 0 Å². The number of rotatable bonds is 5. The summed E-state index contributed by atoms with van der Waals surface area (Å²) in [5.74, 6) is 0. The van der Waals surface area contributed by atoms with Crippen LogP contribution in [-0.2, 0) is 9.84 Å². The minimum Gasteiger partial charge on any atom is -0.396 e. The Morgan fingerprint density at radius 1 is 1.35 bits per heavy atom. The van der Waals surface area contributed by atoms with Crippen molar-refractivity contribution in [2.75, 3.05) is 30.0 Å². The Balaban J connectivity index is 2.43. The summed E-state index contributed by atoms with van der Waals surface area (Å²) in [6, 6.07) is 5.40. The van der Waals surface area contributed by atoms with Crippen LogP contribution in [0.1, 0.15) is 25.7 Å². The highest BCUT2D eigenvalue weighted by molar-refractivity contribution is 7.90. The van der Waals surface area contributed by atoms with Gasteiger partial charge in [-0.15, -0.1) is 0 Å². The lowest BCUT2D eigenvalue weighted by Crippen LogP contribution is -2.36. The second-order valence-electron chi connectivity index (χ2n) is 5.32. The molecule has 0 unspecified atom stereocenters. The fourth-order valence-corrected chi connectivity index (χ4v) is 3.76. The maximum atomic E-state index is 11.8. The molecule has 6 heteroatoms. The number of para-hydroxylation sites is 1. The Kier molecular flexibility index (Phi) is 4.55. The summed E-state index contributed by atoms with van der Waals surface area (Å²) in [5, 5.41) is 9.28. The standard InChI is InChI=1S/C14H22N2O3S/c1-20(18,19)13-8-4-7-12(14(13)15)16(9-10-17)11-5-2-3-6-11/h4,7-8,11,17H,2-3,5-6,9-10,15H2,1H3. The molecule has 0 atom stereocenters. The van der Waals surface area contributed by atoms with Gasteiger partial charge in [0.05, 0.1) is 22.9 Å². The van der Waals surface area contributed by atoms with Crippen LogP contribution in [0.3, 0.4) is 0 Å². The fraction of sp³-hybridized carbons (Fsp3) is 0.571. The van der Waals surface area contributed by atoms with Crippen LogP contribution in [0.4, 0.5) is 11.4 Å². The van der Waals surface area contributed by atoms with Gasteiger partial charge in [0, 0.05) is 18.8 Å². The Labute approximate surface area is 120 Å². The highest BCUT2D eigenvalue weighted by atomic mass is 32.2. The third kappa shape index (κ3) is 3.07. The number of anilines is 2. The first-order valence-electron chi connectivity index (χ1n) is 6.91. The topological polar surface area (TPSA) is 83.6 Å². The van der Waals surface area contributed by atoms with E-state index in [1.54, 1.807) is 6.07 Å². The molecule has 20 heavy (non-hydrogen) atoms. The van der Waals surface area contributed by atoms with E-state index in [1.165, 1.54) is 6.07 Å². The Morgan fingerprint density at radius 3 is 2.55 bits per heavy atom. The van der Waals surface area contributed by atoms with Crippen LogP contribution in [0.25, 0.3) is 0 Å². The molecule has 3 N–H and O–H groups in total. The number of nitrogens with two attached hydrogens (primary N) is 1. The molecule has 0 heterocycles. The van der Waals surface area contributed by atoms with Gasteiger partial charge in [-0.25, -0.2) is 8.42 Å². The lowest BCUT2D eigenvalue weighted by molar-refractivity contribution is 0.297. The predicted octanol–water partition coefficient (Wildman–Crippen LogP) is 1.41.